The van der Waals surface area contributed by atoms with E-state index in [1.54, 1.807) is 19.1 Å². The first-order valence-electron chi connectivity index (χ1n) is 9.66. The summed E-state index contributed by atoms with van der Waals surface area (Å²) in [6, 6.07) is 3.45. The average Bonchev–Trinajstić information content (AvgIpc) is 3.04. The van der Waals surface area contributed by atoms with Crippen molar-refractivity contribution in [1.29, 1.82) is 0 Å². The molecule has 1 aromatic carbocycles. The van der Waals surface area contributed by atoms with Crippen molar-refractivity contribution in [1.82, 2.24) is 9.62 Å². The molecular formula is C20H30N2O6S. The zero-order valence-electron chi connectivity index (χ0n) is 17.5. The number of nitrogens with one attached hydrogen (secondary N) is 1. The number of hydrogen-bond acceptors (Lipinski definition) is 6. The fourth-order valence-corrected chi connectivity index (χ4v) is 4.68. The first kappa shape index (κ1) is 23.3. The SMILES string of the molecule is Cc1ccc(S(=O)(=O)N2CC(O)CC2C(=O)OCC(=O)NC(C)C(C)C)cc1C. The smallest absolute Gasteiger partial charge is 0.325 e. The van der Waals surface area contributed by atoms with Crippen molar-refractivity contribution in [2.75, 3.05) is 13.2 Å². The van der Waals surface area contributed by atoms with Gasteiger partial charge in [0.1, 0.15) is 6.04 Å². The highest BCUT2D eigenvalue weighted by Gasteiger charge is 2.44. The molecule has 1 amide bonds. The van der Waals surface area contributed by atoms with Gasteiger partial charge in [-0.15, -0.1) is 0 Å². The Morgan fingerprint density at radius 3 is 2.48 bits per heavy atom. The summed E-state index contributed by atoms with van der Waals surface area (Å²) in [4.78, 5) is 24.5. The van der Waals surface area contributed by atoms with Gasteiger partial charge in [0.05, 0.1) is 11.0 Å². The second-order valence-corrected chi connectivity index (χ2v) is 9.82. The maximum Gasteiger partial charge on any atom is 0.325 e. The maximum atomic E-state index is 13.0. The summed E-state index contributed by atoms with van der Waals surface area (Å²) in [5, 5.41) is 12.7. The van der Waals surface area contributed by atoms with E-state index in [1.165, 1.54) is 6.07 Å². The van der Waals surface area contributed by atoms with Crippen molar-refractivity contribution in [3.63, 3.8) is 0 Å². The quantitative estimate of drug-likeness (QED) is 0.632. The molecule has 2 N–H and O–H groups in total. The highest BCUT2D eigenvalue weighted by Crippen LogP contribution is 2.28. The minimum Gasteiger partial charge on any atom is -0.454 e. The number of rotatable bonds is 7. The molecule has 162 valence electrons. The Balaban J connectivity index is 2.12. The lowest BCUT2D eigenvalue weighted by Crippen LogP contribution is -2.43. The van der Waals surface area contributed by atoms with E-state index < -0.39 is 40.7 Å². The fraction of sp³-hybridized carbons (Fsp3) is 0.600. The Hall–Kier alpha value is -1.97. The highest BCUT2D eigenvalue weighted by molar-refractivity contribution is 7.89. The number of ether oxygens (including phenoxy) is 1. The molecule has 1 saturated heterocycles. The predicted molar refractivity (Wildman–Crippen MR) is 108 cm³/mol. The van der Waals surface area contributed by atoms with Crippen molar-refractivity contribution < 1.29 is 27.9 Å². The molecule has 0 bridgehead atoms. The Bertz CT molecular complexity index is 868. The van der Waals surface area contributed by atoms with E-state index in [0.717, 1.165) is 15.4 Å². The molecule has 1 fully saturated rings. The van der Waals surface area contributed by atoms with Gasteiger partial charge in [-0.1, -0.05) is 19.9 Å². The molecule has 0 aliphatic carbocycles. The number of aliphatic hydroxyl groups excluding tert-OH is 1. The van der Waals surface area contributed by atoms with Gasteiger partial charge >= 0.3 is 5.97 Å². The van der Waals surface area contributed by atoms with Gasteiger partial charge < -0.3 is 15.2 Å². The standard InChI is InChI=1S/C20H30N2O6S/c1-12(2)15(5)21-19(24)11-28-20(25)18-9-16(23)10-22(18)29(26,27)17-7-6-13(3)14(4)8-17/h6-8,12,15-16,18,23H,9-11H2,1-5H3,(H,21,24). The van der Waals surface area contributed by atoms with E-state index in [1.807, 2.05) is 27.7 Å². The molecule has 0 radical (unpaired) electrons. The van der Waals surface area contributed by atoms with E-state index in [9.17, 15) is 23.1 Å². The topological polar surface area (TPSA) is 113 Å². The summed E-state index contributed by atoms with van der Waals surface area (Å²) in [5.74, 6) is -1.08. The van der Waals surface area contributed by atoms with Crippen molar-refractivity contribution in [2.24, 2.45) is 5.92 Å². The number of nitrogens with zero attached hydrogens (tertiary/aromatic N) is 1. The first-order chi connectivity index (χ1) is 13.4. The Morgan fingerprint density at radius 1 is 1.24 bits per heavy atom. The first-order valence-corrected chi connectivity index (χ1v) is 11.1. The summed E-state index contributed by atoms with van der Waals surface area (Å²) in [6.45, 7) is 8.71. The number of hydrogen-bond donors (Lipinski definition) is 2. The van der Waals surface area contributed by atoms with Crippen LogP contribution in [0.2, 0.25) is 0 Å². The van der Waals surface area contributed by atoms with Crippen LogP contribution in [0.15, 0.2) is 23.1 Å². The molecule has 9 heteroatoms. The Kier molecular flexibility index (Phi) is 7.42. The fourth-order valence-electron chi connectivity index (χ4n) is 2.97. The molecule has 0 spiro atoms. The average molecular weight is 427 g/mol. The molecule has 1 aliphatic heterocycles. The number of carbonyl (C=O) groups excluding carboxylic acids is 2. The predicted octanol–water partition coefficient (Wildman–Crippen LogP) is 1.13. The molecule has 0 saturated carbocycles. The largest absolute Gasteiger partial charge is 0.454 e. The van der Waals surface area contributed by atoms with Gasteiger partial charge in [-0.2, -0.15) is 4.31 Å². The minimum absolute atomic E-state index is 0.0519. The van der Waals surface area contributed by atoms with Gasteiger partial charge in [0.15, 0.2) is 6.61 Å². The van der Waals surface area contributed by atoms with Gasteiger partial charge in [0.25, 0.3) is 5.91 Å². The van der Waals surface area contributed by atoms with Crippen LogP contribution in [0, 0.1) is 19.8 Å². The van der Waals surface area contributed by atoms with Gasteiger partial charge in [0, 0.05) is 19.0 Å². The van der Waals surface area contributed by atoms with Crippen molar-refractivity contribution in [3.05, 3.63) is 29.3 Å². The van der Waals surface area contributed by atoms with Crippen LogP contribution in [0.25, 0.3) is 0 Å². The second kappa shape index (κ2) is 9.23. The van der Waals surface area contributed by atoms with Crippen molar-refractivity contribution in [3.8, 4) is 0 Å². The van der Waals surface area contributed by atoms with Crippen LogP contribution in [0.3, 0.4) is 0 Å². The van der Waals surface area contributed by atoms with Gasteiger partial charge in [0.2, 0.25) is 10.0 Å². The van der Waals surface area contributed by atoms with Crippen LogP contribution in [0.5, 0.6) is 0 Å². The van der Waals surface area contributed by atoms with Gasteiger partial charge in [-0.25, -0.2) is 8.42 Å². The highest BCUT2D eigenvalue weighted by atomic mass is 32.2. The summed E-state index contributed by atoms with van der Waals surface area (Å²) >= 11 is 0. The number of esters is 1. The van der Waals surface area contributed by atoms with E-state index >= 15 is 0 Å². The minimum atomic E-state index is -4.00. The lowest BCUT2D eigenvalue weighted by atomic mass is 10.1. The van der Waals surface area contributed by atoms with Gasteiger partial charge in [-0.3, -0.25) is 9.59 Å². The maximum absolute atomic E-state index is 13.0. The van der Waals surface area contributed by atoms with E-state index in [-0.39, 0.29) is 29.8 Å². The third kappa shape index (κ3) is 5.55. The molecule has 29 heavy (non-hydrogen) atoms. The summed E-state index contributed by atoms with van der Waals surface area (Å²) < 4.78 is 32.1. The van der Waals surface area contributed by atoms with E-state index in [0.29, 0.717) is 0 Å². The zero-order valence-corrected chi connectivity index (χ0v) is 18.3. The Morgan fingerprint density at radius 2 is 1.90 bits per heavy atom. The normalized spacial score (nSPS) is 21.2. The summed E-state index contributed by atoms with van der Waals surface area (Å²) in [6.07, 6.45) is -1.06. The molecule has 3 atom stereocenters. The van der Waals surface area contributed by atoms with E-state index in [4.69, 9.17) is 4.74 Å². The van der Waals surface area contributed by atoms with Crippen molar-refractivity contribution in [2.45, 2.75) is 64.1 Å². The number of sulfonamides is 1. The third-order valence-corrected chi connectivity index (χ3v) is 7.20. The molecule has 8 nitrogen and oxygen atoms in total. The van der Waals surface area contributed by atoms with E-state index in [2.05, 4.69) is 5.32 Å². The van der Waals surface area contributed by atoms with Crippen molar-refractivity contribution >= 4 is 21.9 Å². The van der Waals surface area contributed by atoms with Crippen LogP contribution in [0.1, 0.15) is 38.3 Å². The van der Waals surface area contributed by atoms with Gasteiger partial charge in [-0.05, 0) is 49.9 Å². The zero-order chi connectivity index (χ0) is 21.9. The second-order valence-electron chi connectivity index (χ2n) is 7.93. The summed E-state index contributed by atoms with van der Waals surface area (Å²) in [5.41, 5.74) is 1.75. The molecule has 2 rings (SSSR count). The number of aryl methyl sites for hydroxylation is 2. The van der Waals surface area contributed by atoms with Crippen LogP contribution >= 0.6 is 0 Å². The summed E-state index contributed by atoms with van der Waals surface area (Å²) in [7, 11) is -4.00. The molecular weight excluding hydrogens is 396 g/mol. The number of benzene rings is 1. The Labute approximate surface area is 172 Å². The lowest BCUT2D eigenvalue weighted by molar-refractivity contribution is -0.152. The lowest BCUT2D eigenvalue weighted by Gasteiger charge is -2.23. The monoisotopic (exact) mass is 426 g/mol. The molecule has 3 unspecified atom stereocenters. The number of β-amino-alcohol motifs (C(OH)–C–C–N with tert-alkyl or cyclic N) is 1. The van der Waals surface area contributed by atoms with Crippen LogP contribution in [-0.4, -0.2) is 61.0 Å². The number of amides is 1. The molecule has 1 heterocycles. The van der Waals surface area contributed by atoms with Crippen LogP contribution in [0.4, 0.5) is 0 Å². The number of aliphatic hydroxyl groups is 1. The van der Waals surface area contributed by atoms with Crippen LogP contribution < -0.4 is 5.32 Å². The molecule has 0 aromatic heterocycles. The molecule has 1 aliphatic rings. The van der Waals surface area contributed by atoms with Crippen LogP contribution in [-0.2, 0) is 24.3 Å². The third-order valence-electron chi connectivity index (χ3n) is 5.32. The number of carbonyl (C=O) groups is 2. The molecule has 1 aromatic rings.